The number of hydrogen-bond donors (Lipinski definition) is 1. The van der Waals surface area contributed by atoms with Crippen LogP contribution in [0.25, 0.3) is 0 Å². The van der Waals surface area contributed by atoms with Crippen LogP contribution in [0.5, 0.6) is 0 Å². The van der Waals surface area contributed by atoms with Crippen molar-refractivity contribution in [3.05, 3.63) is 32.2 Å². The highest BCUT2D eigenvalue weighted by Gasteiger charge is 2.43. The molecule has 0 aliphatic carbocycles. The highest BCUT2D eigenvalue weighted by molar-refractivity contribution is 4.88. The van der Waals surface area contributed by atoms with Crippen molar-refractivity contribution >= 4 is 0 Å². The second-order valence-corrected chi connectivity index (χ2v) is 1.94. The summed E-state index contributed by atoms with van der Waals surface area (Å²) in [5, 5.41) is 20.7. The van der Waals surface area contributed by atoms with Gasteiger partial charge in [0.2, 0.25) is 0 Å². The molecule has 1 aliphatic rings. The van der Waals surface area contributed by atoms with Crippen LogP contribution in [0.2, 0.25) is 0 Å². The number of nitro groups is 2. The van der Waals surface area contributed by atoms with Gasteiger partial charge < -0.3 is 10.1 Å². The summed E-state index contributed by atoms with van der Waals surface area (Å²) in [6.07, 6.45) is 0.933. The maximum atomic E-state index is 10.2. The van der Waals surface area contributed by atoms with E-state index in [0.717, 1.165) is 11.3 Å². The van der Waals surface area contributed by atoms with Gasteiger partial charge in [-0.15, -0.1) is 0 Å². The molecule has 0 saturated heterocycles. The molecule has 9 nitrogen and oxygen atoms in total. The van der Waals surface area contributed by atoms with Gasteiger partial charge >= 0.3 is 5.82 Å². The van der Waals surface area contributed by atoms with Crippen LogP contribution in [0.4, 0.5) is 0 Å². The molecule has 0 aromatic rings. The Hall–Kier alpha value is -1.90. The van der Waals surface area contributed by atoms with Crippen molar-refractivity contribution < 1.29 is 9.96 Å². The monoisotopic (exact) mass is 175 g/mol. The smallest absolute Gasteiger partial charge is 0.358 e. The third-order valence-electron chi connectivity index (χ3n) is 1.21. The van der Waals surface area contributed by atoms with E-state index < -0.39 is 15.8 Å². The quantitative estimate of drug-likeness (QED) is 0.420. The normalized spacial score (nSPS) is 17.1. The molecule has 0 aromatic heterocycles. The lowest BCUT2D eigenvalue weighted by Gasteiger charge is -2.07. The van der Waals surface area contributed by atoms with Gasteiger partial charge in [0.1, 0.15) is 6.20 Å². The molecule has 0 fully saturated rings. The topological polar surface area (TPSA) is 105 Å². The first-order valence-corrected chi connectivity index (χ1v) is 2.83. The van der Waals surface area contributed by atoms with Crippen LogP contribution in [0.15, 0.2) is 12.0 Å². The van der Waals surface area contributed by atoms with Crippen molar-refractivity contribution in [2.45, 2.75) is 0 Å². The largest absolute Gasteiger partial charge is 0.426 e. The Bertz CT molecular complexity index is 261. The maximum absolute atomic E-state index is 10.2. The molecule has 12 heavy (non-hydrogen) atoms. The van der Waals surface area contributed by atoms with Gasteiger partial charge in [-0.25, -0.2) is 10.1 Å². The van der Waals surface area contributed by atoms with Crippen molar-refractivity contribution in [1.82, 2.24) is 15.7 Å². The zero-order valence-electron chi connectivity index (χ0n) is 6.00. The van der Waals surface area contributed by atoms with Crippen LogP contribution < -0.4 is 5.43 Å². The van der Waals surface area contributed by atoms with Gasteiger partial charge in [0.15, 0.2) is 5.12 Å². The molecule has 0 amide bonds. The Morgan fingerprint density at radius 3 is 2.42 bits per heavy atom. The first-order valence-electron chi connectivity index (χ1n) is 2.83. The lowest BCUT2D eigenvalue weighted by molar-refractivity contribution is -0.715. The van der Waals surface area contributed by atoms with E-state index in [-0.39, 0.29) is 0 Å². The molecular weight excluding hydrogens is 170 g/mol. The number of hydrogen-bond acceptors (Lipinski definition) is 6. The number of hydrazine groups is 3. The molecule has 1 N–H and O–H groups in total. The Morgan fingerprint density at radius 1 is 1.50 bits per heavy atom. The lowest BCUT2D eigenvalue weighted by Crippen LogP contribution is -2.44. The summed E-state index contributed by atoms with van der Waals surface area (Å²) in [4.78, 5) is 19.6. The zero-order valence-corrected chi connectivity index (χ0v) is 6.00. The highest BCUT2D eigenvalue weighted by atomic mass is 16.7. The molecule has 0 atom stereocenters. The van der Waals surface area contributed by atoms with Crippen molar-refractivity contribution in [3.8, 4) is 0 Å². The van der Waals surface area contributed by atoms with Crippen LogP contribution in [0, 0.1) is 20.2 Å². The first kappa shape index (κ1) is 8.20. The van der Waals surface area contributed by atoms with Gasteiger partial charge in [-0.2, -0.15) is 0 Å². The van der Waals surface area contributed by atoms with Crippen LogP contribution in [0.1, 0.15) is 0 Å². The van der Waals surface area contributed by atoms with E-state index in [0.29, 0.717) is 5.12 Å². The average Bonchev–Trinajstić information content (AvgIpc) is 2.30. The molecular formula is C3H5N5O4. The minimum absolute atomic E-state index is 0.292. The van der Waals surface area contributed by atoms with E-state index in [1.165, 1.54) is 7.05 Å². The Kier molecular flexibility index (Phi) is 1.79. The van der Waals surface area contributed by atoms with E-state index in [1.807, 2.05) is 0 Å². The first-order chi connectivity index (χ1) is 5.54. The van der Waals surface area contributed by atoms with E-state index in [9.17, 15) is 20.2 Å². The van der Waals surface area contributed by atoms with Crippen molar-refractivity contribution in [3.63, 3.8) is 0 Å². The SMILES string of the molecule is CN1NC=C([N+](=O)[O-])N1[N+](=O)[O-]. The van der Waals surface area contributed by atoms with Gasteiger partial charge in [-0.05, 0) is 4.92 Å². The summed E-state index contributed by atoms with van der Waals surface area (Å²) in [5.41, 5.74) is 2.30. The Morgan fingerprint density at radius 2 is 2.08 bits per heavy atom. The molecule has 1 rings (SSSR count). The summed E-state index contributed by atoms with van der Waals surface area (Å²) < 4.78 is 0. The van der Waals surface area contributed by atoms with E-state index in [1.54, 1.807) is 0 Å². The summed E-state index contributed by atoms with van der Waals surface area (Å²) >= 11 is 0. The molecule has 0 unspecified atom stereocenters. The minimum atomic E-state index is -0.894. The van der Waals surface area contributed by atoms with Gasteiger partial charge in [-0.3, -0.25) is 5.43 Å². The number of nitrogens with one attached hydrogen (secondary N) is 1. The molecule has 0 saturated carbocycles. The van der Waals surface area contributed by atoms with Crippen molar-refractivity contribution in [1.29, 1.82) is 0 Å². The Labute approximate surface area is 66.1 Å². The average molecular weight is 175 g/mol. The molecule has 0 spiro atoms. The summed E-state index contributed by atoms with van der Waals surface area (Å²) in [6, 6.07) is 0. The molecule has 0 radical (unpaired) electrons. The molecule has 1 heterocycles. The summed E-state index contributed by atoms with van der Waals surface area (Å²) in [5.74, 6) is -0.623. The van der Waals surface area contributed by atoms with Crippen LogP contribution in [-0.2, 0) is 0 Å². The van der Waals surface area contributed by atoms with E-state index in [2.05, 4.69) is 5.43 Å². The van der Waals surface area contributed by atoms with Crippen molar-refractivity contribution in [2.24, 2.45) is 0 Å². The van der Waals surface area contributed by atoms with Crippen LogP contribution >= 0.6 is 0 Å². The van der Waals surface area contributed by atoms with Gasteiger partial charge in [0.25, 0.3) is 5.03 Å². The fourth-order valence-corrected chi connectivity index (χ4v) is 0.736. The zero-order chi connectivity index (χ0) is 9.30. The van der Waals surface area contributed by atoms with E-state index >= 15 is 0 Å². The molecule has 0 bridgehead atoms. The second kappa shape index (κ2) is 2.62. The summed E-state index contributed by atoms with van der Waals surface area (Å²) in [6.45, 7) is 0. The molecule has 9 heteroatoms. The highest BCUT2D eigenvalue weighted by Crippen LogP contribution is 2.10. The fourth-order valence-electron chi connectivity index (χ4n) is 0.736. The van der Waals surface area contributed by atoms with Gasteiger partial charge in [0.05, 0.1) is 7.05 Å². The second-order valence-electron chi connectivity index (χ2n) is 1.94. The third-order valence-corrected chi connectivity index (χ3v) is 1.21. The number of nitrogens with zero attached hydrogens (tertiary/aromatic N) is 4. The maximum Gasteiger partial charge on any atom is 0.426 e. The predicted octanol–water partition coefficient (Wildman–Crippen LogP) is -1.08. The third kappa shape index (κ3) is 1.12. The van der Waals surface area contributed by atoms with Gasteiger partial charge in [0, 0.05) is 5.12 Å². The fraction of sp³-hybridized carbons (Fsp3) is 0.333. The Balaban J connectivity index is 2.88. The van der Waals surface area contributed by atoms with Crippen LogP contribution in [0.3, 0.4) is 0 Å². The standard InChI is InChI=1S/C3H5N5O4/c1-5-4-2-3(7(9)10)6(5)8(11)12/h2,4H,1H3. The number of rotatable bonds is 2. The molecule has 1 aliphatic heterocycles. The predicted molar refractivity (Wildman–Crippen MR) is 34.8 cm³/mol. The molecule has 66 valence electrons. The summed E-state index contributed by atoms with van der Waals surface area (Å²) in [7, 11) is 1.29. The molecule has 0 aromatic carbocycles. The van der Waals surface area contributed by atoms with Gasteiger partial charge in [-0.1, -0.05) is 0 Å². The van der Waals surface area contributed by atoms with E-state index in [4.69, 9.17) is 0 Å². The van der Waals surface area contributed by atoms with Crippen molar-refractivity contribution in [2.75, 3.05) is 7.05 Å². The lowest BCUT2D eigenvalue weighted by atomic mass is 10.8. The van der Waals surface area contributed by atoms with Crippen LogP contribution in [-0.4, -0.2) is 27.2 Å². The minimum Gasteiger partial charge on any atom is -0.358 e.